The highest BCUT2D eigenvalue weighted by Gasteiger charge is 2.20. The summed E-state index contributed by atoms with van der Waals surface area (Å²) < 4.78 is 0. The van der Waals surface area contributed by atoms with Crippen LogP contribution in [-0.2, 0) is 0 Å². The number of benzene rings is 1. The molecule has 1 aliphatic heterocycles. The molecule has 2 unspecified atom stereocenters. The third kappa shape index (κ3) is 4.46. The van der Waals surface area contributed by atoms with E-state index < -0.39 is 0 Å². The van der Waals surface area contributed by atoms with Crippen molar-refractivity contribution in [3.63, 3.8) is 0 Å². The first-order chi connectivity index (χ1) is 10.1. The summed E-state index contributed by atoms with van der Waals surface area (Å²) in [6.07, 6.45) is 2.33. The van der Waals surface area contributed by atoms with Crippen molar-refractivity contribution in [3.05, 3.63) is 29.8 Å². The molecule has 0 aromatic heterocycles. The molecule has 0 radical (unpaired) electrons. The number of amides is 2. The first-order valence-corrected chi connectivity index (χ1v) is 7.99. The average Bonchev–Trinajstić information content (AvgIpc) is 2.48. The first kappa shape index (κ1) is 15.8. The van der Waals surface area contributed by atoms with E-state index in [1.807, 2.05) is 17.0 Å². The van der Waals surface area contributed by atoms with E-state index in [-0.39, 0.29) is 6.03 Å². The van der Waals surface area contributed by atoms with Gasteiger partial charge in [0.15, 0.2) is 0 Å². The van der Waals surface area contributed by atoms with Crippen LogP contribution in [0.25, 0.3) is 0 Å². The van der Waals surface area contributed by atoms with Crippen molar-refractivity contribution >= 4 is 11.7 Å². The van der Waals surface area contributed by atoms with Gasteiger partial charge in [0.2, 0.25) is 0 Å². The largest absolute Gasteiger partial charge is 0.324 e. The van der Waals surface area contributed by atoms with Crippen LogP contribution in [0.15, 0.2) is 24.3 Å². The Bertz CT molecular complexity index is 458. The second-order valence-corrected chi connectivity index (χ2v) is 6.02. The highest BCUT2D eigenvalue weighted by molar-refractivity contribution is 5.89. The minimum absolute atomic E-state index is 0.0223. The zero-order valence-electron chi connectivity index (χ0n) is 13.4. The van der Waals surface area contributed by atoms with E-state index in [1.54, 1.807) is 0 Å². The van der Waals surface area contributed by atoms with Crippen LogP contribution in [0.1, 0.15) is 45.2 Å². The molecule has 0 spiro atoms. The molecule has 1 aromatic carbocycles. The van der Waals surface area contributed by atoms with E-state index in [4.69, 9.17) is 0 Å². The molecular formula is C17H27N3O. The van der Waals surface area contributed by atoms with E-state index in [9.17, 15) is 4.79 Å². The van der Waals surface area contributed by atoms with Crippen LogP contribution in [0.4, 0.5) is 10.5 Å². The van der Waals surface area contributed by atoms with Crippen LogP contribution in [0, 0.1) is 5.92 Å². The maximum absolute atomic E-state index is 12.2. The van der Waals surface area contributed by atoms with Gasteiger partial charge >= 0.3 is 6.03 Å². The standard InChI is InChI=1S/C17H27N3O/c1-4-18-14(3)15-7-9-16(10-8-15)19-17(21)20-11-5-6-13(2)12-20/h7-10,13-14,18H,4-6,11-12H2,1-3H3,(H,19,21). The fraction of sp³-hybridized carbons (Fsp3) is 0.588. The molecule has 2 rings (SSSR count). The number of hydrogen-bond donors (Lipinski definition) is 2. The third-order valence-electron chi connectivity index (χ3n) is 4.12. The van der Waals surface area contributed by atoms with Gasteiger partial charge in [-0.25, -0.2) is 4.79 Å². The number of carbonyl (C=O) groups is 1. The number of piperidine rings is 1. The van der Waals surface area contributed by atoms with Crippen molar-refractivity contribution in [2.45, 2.75) is 39.7 Å². The molecule has 1 aliphatic rings. The normalized spacial score (nSPS) is 20.1. The van der Waals surface area contributed by atoms with Crippen molar-refractivity contribution in [1.82, 2.24) is 10.2 Å². The molecule has 2 N–H and O–H groups in total. The molecule has 1 aromatic rings. The SMILES string of the molecule is CCNC(C)c1ccc(NC(=O)N2CCCC(C)C2)cc1. The lowest BCUT2D eigenvalue weighted by molar-refractivity contribution is 0.182. The molecule has 0 aliphatic carbocycles. The van der Waals surface area contributed by atoms with Gasteiger partial charge in [-0.2, -0.15) is 0 Å². The van der Waals surface area contributed by atoms with E-state index >= 15 is 0 Å². The molecule has 2 amide bonds. The lowest BCUT2D eigenvalue weighted by Gasteiger charge is -2.31. The Kier molecular flexibility index (Phi) is 5.62. The van der Waals surface area contributed by atoms with Gasteiger partial charge < -0.3 is 15.5 Å². The van der Waals surface area contributed by atoms with Gasteiger partial charge in [-0.1, -0.05) is 26.0 Å². The van der Waals surface area contributed by atoms with Gasteiger partial charge in [0.05, 0.1) is 0 Å². The van der Waals surface area contributed by atoms with Gasteiger partial charge in [-0.3, -0.25) is 0 Å². The number of anilines is 1. The predicted octanol–water partition coefficient (Wildman–Crippen LogP) is 3.62. The highest BCUT2D eigenvalue weighted by atomic mass is 16.2. The van der Waals surface area contributed by atoms with E-state index in [2.05, 4.69) is 43.5 Å². The second-order valence-electron chi connectivity index (χ2n) is 6.02. The molecule has 0 bridgehead atoms. The summed E-state index contributed by atoms with van der Waals surface area (Å²) in [7, 11) is 0. The molecule has 4 heteroatoms. The number of carbonyl (C=O) groups excluding carboxylic acids is 1. The Morgan fingerprint density at radius 3 is 2.71 bits per heavy atom. The molecule has 0 saturated carbocycles. The fourth-order valence-electron chi connectivity index (χ4n) is 2.86. The minimum atomic E-state index is 0.0223. The fourth-order valence-corrected chi connectivity index (χ4v) is 2.86. The average molecular weight is 289 g/mol. The Morgan fingerprint density at radius 2 is 2.10 bits per heavy atom. The van der Waals surface area contributed by atoms with Crippen molar-refractivity contribution < 1.29 is 4.79 Å². The molecule has 4 nitrogen and oxygen atoms in total. The van der Waals surface area contributed by atoms with Gasteiger partial charge in [0, 0.05) is 24.8 Å². The number of nitrogens with one attached hydrogen (secondary N) is 2. The summed E-state index contributed by atoms with van der Waals surface area (Å²) in [5, 5.41) is 6.38. The zero-order chi connectivity index (χ0) is 15.2. The quantitative estimate of drug-likeness (QED) is 0.889. The molecule has 1 saturated heterocycles. The highest BCUT2D eigenvalue weighted by Crippen LogP contribution is 2.19. The van der Waals surface area contributed by atoms with Crippen LogP contribution in [-0.4, -0.2) is 30.6 Å². The molecule has 1 fully saturated rings. The molecule has 2 atom stereocenters. The van der Waals surface area contributed by atoms with Crippen molar-refractivity contribution in [2.75, 3.05) is 25.0 Å². The second kappa shape index (κ2) is 7.46. The molecular weight excluding hydrogens is 262 g/mol. The van der Waals surface area contributed by atoms with Crippen molar-refractivity contribution in [2.24, 2.45) is 5.92 Å². The van der Waals surface area contributed by atoms with Gasteiger partial charge in [-0.15, -0.1) is 0 Å². The monoisotopic (exact) mass is 289 g/mol. The number of likely N-dealkylation sites (tertiary alicyclic amines) is 1. The third-order valence-corrected chi connectivity index (χ3v) is 4.12. The Labute approximate surface area is 127 Å². The summed E-state index contributed by atoms with van der Waals surface area (Å²) >= 11 is 0. The smallest absolute Gasteiger partial charge is 0.321 e. The number of urea groups is 1. The summed E-state index contributed by atoms with van der Waals surface area (Å²) in [6, 6.07) is 8.46. The van der Waals surface area contributed by atoms with Crippen LogP contribution in [0.2, 0.25) is 0 Å². The lowest BCUT2D eigenvalue weighted by atomic mass is 10.0. The molecule has 1 heterocycles. The Morgan fingerprint density at radius 1 is 1.38 bits per heavy atom. The minimum Gasteiger partial charge on any atom is -0.324 e. The van der Waals surface area contributed by atoms with E-state index in [1.165, 1.54) is 12.0 Å². The number of rotatable bonds is 4. The van der Waals surface area contributed by atoms with Crippen LogP contribution >= 0.6 is 0 Å². The maximum Gasteiger partial charge on any atom is 0.321 e. The summed E-state index contributed by atoms with van der Waals surface area (Å²) in [5.41, 5.74) is 2.10. The molecule has 116 valence electrons. The number of nitrogens with zero attached hydrogens (tertiary/aromatic N) is 1. The Balaban J connectivity index is 1.92. The lowest BCUT2D eigenvalue weighted by Crippen LogP contribution is -2.41. The summed E-state index contributed by atoms with van der Waals surface area (Å²) in [5.74, 6) is 0.604. The van der Waals surface area contributed by atoms with Gasteiger partial charge in [-0.05, 0) is 49.9 Å². The van der Waals surface area contributed by atoms with Crippen LogP contribution < -0.4 is 10.6 Å². The van der Waals surface area contributed by atoms with Crippen molar-refractivity contribution in [3.8, 4) is 0 Å². The van der Waals surface area contributed by atoms with Crippen LogP contribution in [0.3, 0.4) is 0 Å². The maximum atomic E-state index is 12.2. The van der Waals surface area contributed by atoms with Gasteiger partial charge in [0.1, 0.15) is 0 Å². The van der Waals surface area contributed by atoms with Gasteiger partial charge in [0.25, 0.3) is 0 Å². The Hall–Kier alpha value is -1.55. The van der Waals surface area contributed by atoms with Crippen molar-refractivity contribution in [1.29, 1.82) is 0 Å². The van der Waals surface area contributed by atoms with E-state index in [0.29, 0.717) is 12.0 Å². The molecule has 21 heavy (non-hydrogen) atoms. The first-order valence-electron chi connectivity index (χ1n) is 7.99. The van der Waals surface area contributed by atoms with E-state index in [0.717, 1.165) is 31.7 Å². The van der Waals surface area contributed by atoms with Crippen LogP contribution in [0.5, 0.6) is 0 Å². The summed E-state index contributed by atoms with van der Waals surface area (Å²) in [6.45, 7) is 9.13. The zero-order valence-corrected chi connectivity index (χ0v) is 13.4. The summed E-state index contributed by atoms with van der Waals surface area (Å²) in [4.78, 5) is 14.2. The predicted molar refractivity (Wildman–Crippen MR) is 87.5 cm³/mol. The topological polar surface area (TPSA) is 44.4 Å². The number of hydrogen-bond acceptors (Lipinski definition) is 2.